The van der Waals surface area contributed by atoms with Crippen molar-refractivity contribution in [2.75, 3.05) is 5.73 Å². The van der Waals surface area contributed by atoms with Crippen LogP contribution in [0.25, 0.3) is 16.8 Å². The summed E-state index contributed by atoms with van der Waals surface area (Å²) in [6.45, 7) is 2.01. The van der Waals surface area contributed by atoms with E-state index in [-0.39, 0.29) is 5.78 Å². The summed E-state index contributed by atoms with van der Waals surface area (Å²) in [5.41, 5.74) is 11.0. The summed E-state index contributed by atoms with van der Waals surface area (Å²) in [7, 11) is 0. The summed E-state index contributed by atoms with van der Waals surface area (Å²) in [4.78, 5) is 17.1. The second-order valence-corrected chi connectivity index (χ2v) is 6.34. The Bertz CT molecular complexity index is 1100. The molecular formula is C22H18N4O. The van der Waals surface area contributed by atoms with Crippen LogP contribution in [-0.2, 0) is 0 Å². The largest absolute Gasteiger partial charge is 0.383 e. The van der Waals surface area contributed by atoms with Gasteiger partial charge in [-0.15, -0.1) is 0 Å². The van der Waals surface area contributed by atoms with E-state index in [0.717, 1.165) is 22.4 Å². The van der Waals surface area contributed by atoms with Gasteiger partial charge in [0.2, 0.25) is 0 Å². The summed E-state index contributed by atoms with van der Waals surface area (Å²) >= 11 is 0. The minimum Gasteiger partial charge on any atom is -0.383 e. The molecule has 2 aromatic heterocycles. The van der Waals surface area contributed by atoms with Crippen LogP contribution in [0.3, 0.4) is 0 Å². The summed E-state index contributed by atoms with van der Waals surface area (Å²) in [5.74, 6) is 0.173. The molecule has 27 heavy (non-hydrogen) atoms. The zero-order chi connectivity index (χ0) is 18.8. The average molecular weight is 354 g/mol. The molecule has 4 aromatic rings. The summed E-state index contributed by atoms with van der Waals surface area (Å²) < 4.78 is 1.58. The number of nitrogen functional groups attached to an aromatic ring is 1. The zero-order valence-corrected chi connectivity index (χ0v) is 14.8. The quantitative estimate of drug-likeness (QED) is 0.561. The van der Waals surface area contributed by atoms with Gasteiger partial charge >= 0.3 is 0 Å². The molecule has 0 aliphatic heterocycles. The number of anilines is 1. The van der Waals surface area contributed by atoms with Crippen LogP contribution in [-0.4, -0.2) is 20.5 Å². The van der Waals surface area contributed by atoms with E-state index in [1.54, 1.807) is 23.1 Å². The fraction of sp³-hybridized carbons (Fsp3) is 0.0455. The van der Waals surface area contributed by atoms with Crippen LogP contribution in [0.4, 0.5) is 5.82 Å². The molecule has 0 aliphatic rings. The molecule has 0 saturated carbocycles. The van der Waals surface area contributed by atoms with Gasteiger partial charge in [0.25, 0.3) is 0 Å². The standard InChI is InChI=1S/C22H18N4O/c1-15-7-9-19(10-8-15)26-22(23)20(14-25-26)21(27)17-5-2-4-16(12-17)18-6-3-11-24-13-18/h2-14H,23H2,1H3. The van der Waals surface area contributed by atoms with Gasteiger partial charge in [0.1, 0.15) is 5.82 Å². The third-order valence-corrected chi connectivity index (χ3v) is 4.45. The van der Waals surface area contributed by atoms with E-state index in [1.807, 2.05) is 61.5 Å². The first-order chi connectivity index (χ1) is 13.1. The number of nitrogens with two attached hydrogens (primary N) is 1. The van der Waals surface area contributed by atoms with Crippen molar-refractivity contribution < 1.29 is 4.79 Å². The number of hydrogen-bond donors (Lipinski definition) is 1. The van der Waals surface area contributed by atoms with E-state index in [1.165, 1.54) is 6.20 Å². The van der Waals surface area contributed by atoms with E-state index in [2.05, 4.69) is 10.1 Å². The molecule has 2 heterocycles. The molecule has 0 saturated heterocycles. The number of carbonyl (C=O) groups is 1. The van der Waals surface area contributed by atoms with E-state index in [0.29, 0.717) is 16.9 Å². The number of aromatic nitrogens is 3. The number of aryl methyl sites for hydroxylation is 1. The molecule has 0 atom stereocenters. The van der Waals surface area contributed by atoms with E-state index in [4.69, 9.17) is 5.73 Å². The molecular weight excluding hydrogens is 336 g/mol. The second-order valence-electron chi connectivity index (χ2n) is 6.34. The van der Waals surface area contributed by atoms with Gasteiger partial charge in [-0.25, -0.2) is 4.68 Å². The topological polar surface area (TPSA) is 73.8 Å². The first-order valence-electron chi connectivity index (χ1n) is 8.59. The first-order valence-corrected chi connectivity index (χ1v) is 8.59. The van der Waals surface area contributed by atoms with Gasteiger partial charge in [0.15, 0.2) is 5.78 Å². The second kappa shape index (κ2) is 6.88. The molecule has 2 N–H and O–H groups in total. The maximum Gasteiger partial charge on any atom is 0.198 e. The molecule has 0 radical (unpaired) electrons. The molecule has 0 bridgehead atoms. The van der Waals surface area contributed by atoms with Gasteiger partial charge in [-0.2, -0.15) is 5.10 Å². The van der Waals surface area contributed by atoms with Crippen LogP contribution in [0.2, 0.25) is 0 Å². The maximum absolute atomic E-state index is 13.0. The predicted molar refractivity (Wildman–Crippen MR) is 106 cm³/mol. The number of rotatable bonds is 4. The molecule has 4 rings (SSSR count). The number of carbonyl (C=O) groups excluding carboxylic acids is 1. The lowest BCUT2D eigenvalue weighted by molar-refractivity contribution is 0.103. The average Bonchev–Trinajstić information content (AvgIpc) is 3.10. The van der Waals surface area contributed by atoms with Crippen molar-refractivity contribution in [3.8, 4) is 16.8 Å². The molecule has 0 unspecified atom stereocenters. The van der Waals surface area contributed by atoms with Crippen molar-refractivity contribution in [2.45, 2.75) is 6.92 Å². The van der Waals surface area contributed by atoms with Crippen LogP contribution in [0.5, 0.6) is 0 Å². The molecule has 132 valence electrons. The van der Waals surface area contributed by atoms with Gasteiger partial charge in [0, 0.05) is 23.5 Å². The monoisotopic (exact) mass is 354 g/mol. The molecule has 5 nitrogen and oxygen atoms in total. The van der Waals surface area contributed by atoms with Crippen LogP contribution in [0, 0.1) is 6.92 Å². The number of benzene rings is 2. The molecule has 2 aromatic carbocycles. The third-order valence-electron chi connectivity index (χ3n) is 4.45. The van der Waals surface area contributed by atoms with Crippen molar-refractivity contribution in [1.82, 2.24) is 14.8 Å². The minimum absolute atomic E-state index is 0.156. The number of hydrogen-bond acceptors (Lipinski definition) is 4. The van der Waals surface area contributed by atoms with Gasteiger partial charge < -0.3 is 5.73 Å². The fourth-order valence-electron chi connectivity index (χ4n) is 2.95. The molecule has 0 fully saturated rings. The summed E-state index contributed by atoms with van der Waals surface area (Å²) in [6, 6.07) is 19.1. The first kappa shape index (κ1) is 16.7. The van der Waals surface area contributed by atoms with Crippen LogP contribution in [0.15, 0.2) is 79.3 Å². The summed E-state index contributed by atoms with van der Waals surface area (Å²) in [5, 5.41) is 4.30. The zero-order valence-electron chi connectivity index (χ0n) is 14.8. The Morgan fingerprint density at radius 3 is 2.48 bits per heavy atom. The molecule has 0 aliphatic carbocycles. The third kappa shape index (κ3) is 3.22. The number of ketones is 1. The Hall–Kier alpha value is -3.73. The lowest BCUT2D eigenvalue weighted by Crippen LogP contribution is -2.07. The van der Waals surface area contributed by atoms with E-state index in [9.17, 15) is 4.79 Å². The van der Waals surface area contributed by atoms with E-state index >= 15 is 0 Å². The van der Waals surface area contributed by atoms with Gasteiger partial charge in [0.05, 0.1) is 17.4 Å². The van der Waals surface area contributed by atoms with E-state index < -0.39 is 0 Å². The molecule has 0 amide bonds. The lowest BCUT2D eigenvalue weighted by Gasteiger charge is -2.07. The lowest BCUT2D eigenvalue weighted by atomic mass is 10.00. The Morgan fingerprint density at radius 1 is 0.963 bits per heavy atom. The highest BCUT2D eigenvalue weighted by molar-refractivity contribution is 6.12. The van der Waals surface area contributed by atoms with Crippen molar-refractivity contribution in [3.05, 3.63) is 95.9 Å². The van der Waals surface area contributed by atoms with Gasteiger partial charge in [-0.1, -0.05) is 42.0 Å². The van der Waals surface area contributed by atoms with Gasteiger partial charge in [-0.05, 0) is 36.8 Å². The highest BCUT2D eigenvalue weighted by Crippen LogP contribution is 2.24. The van der Waals surface area contributed by atoms with Crippen LogP contribution in [0.1, 0.15) is 21.5 Å². The van der Waals surface area contributed by atoms with Crippen molar-refractivity contribution in [1.29, 1.82) is 0 Å². The Balaban J connectivity index is 1.69. The minimum atomic E-state index is -0.156. The number of nitrogens with zero attached hydrogens (tertiary/aromatic N) is 3. The Morgan fingerprint density at radius 2 is 1.74 bits per heavy atom. The molecule has 0 spiro atoms. The maximum atomic E-state index is 13.0. The van der Waals surface area contributed by atoms with Gasteiger partial charge in [-0.3, -0.25) is 9.78 Å². The van der Waals surface area contributed by atoms with Crippen LogP contribution >= 0.6 is 0 Å². The van der Waals surface area contributed by atoms with Crippen molar-refractivity contribution >= 4 is 11.6 Å². The normalized spacial score (nSPS) is 10.7. The number of pyridine rings is 1. The highest BCUT2D eigenvalue weighted by atomic mass is 16.1. The SMILES string of the molecule is Cc1ccc(-n2ncc(C(=O)c3cccc(-c4cccnc4)c3)c2N)cc1. The molecule has 5 heteroatoms. The predicted octanol–water partition coefficient (Wildman–Crippen LogP) is 4.06. The fourth-order valence-corrected chi connectivity index (χ4v) is 2.95. The van der Waals surface area contributed by atoms with Crippen molar-refractivity contribution in [2.24, 2.45) is 0 Å². The van der Waals surface area contributed by atoms with Crippen molar-refractivity contribution in [3.63, 3.8) is 0 Å². The Kier molecular flexibility index (Phi) is 4.26. The smallest absolute Gasteiger partial charge is 0.198 e. The summed E-state index contributed by atoms with van der Waals surface area (Å²) in [6.07, 6.45) is 5.01. The van der Waals surface area contributed by atoms with Crippen LogP contribution < -0.4 is 5.73 Å². The Labute approximate surface area is 157 Å². The highest BCUT2D eigenvalue weighted by Gasteiger charge is 2.18.